The van der Waals surface area contributed by atoms with Crippen LogP contribution >= 0.6 is 0 Å². The number of carboxylic acid groups (broad SMARTS) is 1. The van der Waals surface area contributed by atoms with Gasteiger partial charge in [0.05, 0.1) is 11.3 Å². The van der Waals surface area contributed by atoms with E-state index >= 15 is 0 Å². The monoisotopic (exact) mass is 346 g/mol. The zero-order chi connectivity index (χ0) is 18.2. The third kappa shape index (κ3) is 2.83. The number of nitrogens with zero attached hydrogens (tertiary/aromatic N) is 1. The Morgan fingerprint density at radius 2 is 1.96 bits per heavy atom. The number of ether oxygens (including phenoxy) is 1. The van der Waals surface area contributed by atoms with Gasteiger partial charge < -0.3 is 20.1 Å². The lowest BCUT2D eigenvalue weighted by Gasteiger charge is -2.41. The summed E-state index contributed by atoms with van der Waals surface area (Å²) < 4.78 is 5.62. The lowest BCUT2D eigenvalue weighted by molar-refractivity contribution is -0.151. The maximum absolute atomic E-state index is 13.1. The van der Waals surface area contributed by atoms with E-state index in [9.17, 15) is 19.5 Å². The number of para-hydroxylation sites is 1. The van der Waals surface area contributed by atoms with E-state index in [-0.39, 0.29) is 11.5 Å². The highest BCUT2D eigenvalue weighted by molar-refractivity contribution is 6.05. The van der Waals surface area contributed by atoms with Gasteiger partial charge in [-0.3, -0.25) is 9.59 Å². The van der Waals surface area contributed by atoms with E-state index < -0.39 is 23.5 Å². The number of hydrogen-bond donors (Lipinski definition) is 2. The molecule has 0 saturated heterocycles. The number of nitrogens with one attached hydrogen (secondary N) is 1. The largest absolute Gasteiger partial charge is 0.479 e. The molecule has 0 aromatic heterocycles. The van der Waals surface area contributed by atoms with Crippen molar-refractivity contribution in [1.29, 1.82) is 0 Å². The van der Waals surface area contributed by atoms with Crippen LogP contribution < -0.4 is 10.1 Å². The number of carbonyl (C=O) groups excluding carboxylic acids is 2. The van der Waals surface area contributed by atoms with Crippen molar-refractivity contribution in [3.05, 3.63) is 23.8 Å². The highest BCUT2D eigenvalue weighted by Gasteiger charge is 2.46. The van der Waals surface area contributed by atoms with Gasteiger partial charge in [-0.1, -0.05) is 25.3 Å². The summed E-state index contributed by atoms with van der Waals surface area (Å²) in [6, 6.07) is 4.90. The van der Waals surface area contributed by atoms with E-state index in [1.165, 1.54) is 11.9 Å². The van der Waals surface area contributed by atoms with Gasteiger partial charge >= 0.3 is 5.97 Å². The molecule has 1 heterocycles. The van der Waals surface area contributed by atoms with Crippen LogP contribution in [0.4, 0.5) is 5.69 Å². The second-order valence-corrected chi connectivity index (χ2v) is 6.69. The number of anilines is 1. The number of hydrogen-bond acceptors (Lipinski definition) is 4. The molecule has 1 aromatic rings. The molecule has 25 heavy (non-hydrogen) atoms. The summed E-state index contributed by atoms with van der Waals surface area (Å²) in [6.07, 6.45) is 2.70. The number of aliphatic carboxylic acids is 1. The van der Waals surface area contributed by atoms with E-state index in [0.29, 0.717) is 24.3 Å². The maximum Gasteiger partial charge on any atom is 0.329 e. The van der Waals surface area contributed by atoms with Crippen molar-refractivity contribution in [2.24, 2.45) is 0 Å². The predicted molar refractivity (Wildman–Crippen MR) is 90.7 cm³/mol. The third-order valence-electron chi connectivity index (χ3n) is 5.19. The molecule has 0 radical (unpaired) electrons. The number of carboxylic acids is 1. The Balaban J connectivity index is 1.97. The minimum atomic E-state index is -1.19. The second kappa shape index (κ2) is 6.38. The Morgan fingerprint density at radius 1 is 1.28 bits per heavy atom. The van der Waals surface area contributed by atoms with Crippen LogP contribution in [0.1, 0.15) is 49.4 Å². The molecule has 2 amide bonds. The minimum absolute atomic E-state index is 0.262. The molecule has 1 fully saturated rings. The predicted octanol–water partition coefficient (Wildman–Crippen LogP) is 2.27. The van der Waals surface area contributed by atoms with Crippen LogP contribution in [0.5, 0.6) is 5.75 Å². The van der Waals surface area contributed by atoms with E-state index in [2.05, 4.69) is 5.32 Å². The van der Waals surface area contributed by atoms with Crippen molar-refractivity contribution >= 4 is 23.5 Å². The summed E-state index contributed by atoms with van der Waals surface area (Å²) in [4.78, 5) is 38.1. The van der Waals surface area contributed by atoms with Gasteiger partial charge in [-0.25, -0.2) is 4.79 Å². The Kier molecular flexibility index (Phi) is 4.41. The van der Waals surface area contributed by atoms with E-state index in [1.807, 2.05) is 0 Å². The van der Waals surface area contributed by atoms with Gasteiger partial charge in [0.1, 0.15) is 5.54 Å². The number of likely N-dealkylation sites (N-methyl/N-ethyl adjacent to an activating group) is 1. The Bertz CT molecular complexity index is 724. The average Bonchev–Trinajstić information content (AvgIpc) is 2.61. The highest BCUT2D eigenvalue weighted by Crippen LogP contribution is 2.38. The number of benzene rings is 1. The molecule has 2 aliphatic rings. The van der Waals surface area contributed by atoms with Crippen molar-refractivity contribution in [2.45, 2.75) is 50.7 Å². The van der Waals surface area contributed by atoms with Gasteiger partial charge in [-0.15, -0.1) is 0 Å². The van der Waals surface area contributed by atoms with E-state index in [1.54, 1.807) is 25.1 Å². The summed E-state index contributed by atoms with van der Waals surface area (Å²) in [5.74, 6) is -1.37. The third-order valence-corrected chi connectivity index (χ3v) is 5.19. The van der Waals surface area contributed by atoms with Gasteiger partial charge in [-0.2, -0.15) is 0 Å². The number of amides is 2. The quantitative estimate of drug-likeness (QED) is 0.875. The van der Waals surface area contributed by atoms with Crippen LogP contribution in [-0.2, 0) is 9.59 Å². The fraction of sp³-hybridized carbons (Fsp3) is 0.500. The zero-order valence-electron chi connectivity index (χ0n) is 14.4. The first-order valence-electron chi connectivity index (χ1n) is 8.49. The molecule has 1 aromatic carbocycles. The Labute approximate surface area is 146 Å². The fourth-order valence-corrected chi connectivity index (χ4v) is 3.60. The normalized spacial score (nSPS) is 21.5. The topological polar surface area (TPSA) is 95.9 Å². The van der Waals surface area contributed by atoms with Gasteiger partial charge in [-0.05, 0) is 31.9 Å². The fourth-order valence-electron chi connectivity index (χ4n) is 3.60. The summed E-state index contributed by atoms with van der Waals surface area (Å²) in [5, 5.41) is 12.5. The lowest BCUT2D eigenvalue weighted by atomic mass is 9.80. The van der Waals surface area contributed by atoms with Crippen LogP contribution in [0.15, 0.2) is 18.2 Å². The number of rotatable bonds is 3. The molecular weight excluding hydrogens is 324 g/mol. The summed E-state index contributed by atoms with van der Waals surface area (Å²) in [6.45, 7) is 1.60. The smallest absolute Gasteiger partial charge is 0.329 e. The molecule has 134 valence electrons. The van der Waals surface area contributed by atoms with Gasteiger partial charge in [0, 0.05) is 7.05 Å². The molecule has 1 aliphatic heterocycles. The van der Waals surface area contributed by atoms with Crippen molar-refractivity contribution in [3.63, 3.8) is 0 Å². The molecule has 7 nitrogen and oxygen atoms in total. The molecule has 1 unspecified atom stereocenters. The molecule has 1 atom stereocenters. The van der Waals surface area contributed by atoms with Gasteiger partial charge in [0.2, 0.25) is 0 Å². The first-order chi connectivity index (χ1) is 11.9. The number of carbonyl (C=O) groups is 3. The maximum atomic E-state index is 13.1. The van der Waals surface area contributed by atoms with E-state index in [4.69, 9.17) is 4.74 Å². The van der Waals surface area contributed by atoms with Crippen LogP contribution in [0.3, 0.4) is 0 Å². The lowest BCUT2D eigenvalue weighted by Crippen LogP contribution is -2.56. The van der Waals surface area contributed by atoms with Crippen molar-refractivity contribution in [2.75, 3.05) is 12.4 Å². The summed E-state index contributed by atoms with van der Waals surface area (Å²) in [7, 11) is 1.53. The van der Waals surface area contributed by atoms with Crippen LogP contribution in [0, 0.1) is 0 Å². The van der Waals surface area contributed by atoms with Gasteiger partial charge in [0.25, 0.3) is 11.8 Å². The standard InChI is InChI=1S/C18H22N2O5/c1-11-15(21)19-13-8-6-7-12(14(13)25-11)16(22)20(2)18(17(23)24)9-4-3-5-10-18/h6-8,11H,3-5,9-10H2,1-2H3,(H,19,21)(H,23,24). The summed E-state index contributed by atoms with van der Waals surface area (Å²) in [5.41, 5.74) is -0.505. The first kappa shape index (κ1) is 17.3. The minimum Gasteiger partial charge on any atom is -0.479 e. The van der Waals surface area contributed by atoms with Crippen LogP contribution in [0.2, 0.25) is 0 Å². The SMILES string of the molecule is CC1Oc2c(cccc2C(=O)N(C)C2(C(=O)O)CCCCC2)NC1=O. The molecule has 1 saturated carbocycles. The van der Waals surface area contributed by atoms with Crippen molar-refractivity contribution < 1.29 is 24.2 Å². The zero-order valence-corrected chi connectivity index (χ0v) is 14.4. The molecule has 0 spiro atoms. The molecule has 3 rings (SSSR count). The van der Waals surface area contributed by atoms with Crippen LogP contribution in [0.25, 0.3) is 0 Å². The molecule has 0 bridgehead atoms. The molecular formula is C18H22N2O5. The van der Waals surface area contributed by atoms with Crippen molar-refractivity contribution in [1.82, 2.24) is 4.90 Å². The Morgan fingerprint density at radius 3 is 2.60 bits per heavy atom. The second-order valence-electron chi connectivity index (χ2n) is 6.69. The van der Waals surface area contributed by atoms with Gasteiger partial charge in [0.15, 0.2) is 11.9 Å². The molecule has 7 heteroatoms. The summed E-state index contributed by atoms with van der Waals surface area (Å²) >= 11 is 0. The average molecular weight is 346 g/mol. The first-order valence-corrected chi connectivity index (χ1v) is 8.49. The molecule has 2 N–H and O–H groups in total. The highest BCUT2D eigenvalue weighted by atomic mass is 16.5. The number of fused-ring (bicyclic) bond motifs is 1. The van der Waals surface area contributed by atoms with Crippen molar-refractivity contribution in [3.8, 4) is 5.75 Å². The van der Waals surface area contributed by atoms with Crippen LogP contribution in [-0.4, -0.2) is 46.5 Å². The van der Waals surface area contributed by atoms with E-state index in [0.717, 1.165) is 19.3 Å². The Hall–Kier alpha value is -2.57. The molecule has 1 aliphatic carbocycles.